The molecule has 0 aliphatic carbocycles. The summed E-state index contributed by atoms with van der Waals surface area (Å²) in [5, 5.41) is 2.69. The van der Waals surface area contributed by atoms with E-state index in [0.29, 0.717) is 23.3 Å². The van der Waals surface area contributed by atoms with Crippen LogP contribution in [-0.2, 0) is 9.53 Å². The summed E-state index contributed by atoms with van der Waals surface area (Å²) in [7, 11) is 0. The Bertz CT molecular complexity index is 780. The van der Waals surface area contributed by atoms with E-state index in [0.717, 1.165) is 4.47 Å². The predicted molar refractivity (Wildman–Crippen MR) is 110 cm³/mol. The number of amides is 1. The molecule has 5 nitrogen and oxygen atoms in total. The molecule has 0 aliphatic rings. The Morgan fingerprint density at radius 1 is 1.04 bits per heavy atom. The van der Waals surface area contributed by atoms with Gasteiger partial charge in [-0.2, -0.15) is 11.8 Å². The van der Waals surface area contributed by atoms with E-state index in [2.05, 4.69) is 21.2 Å². The molecule has 0 radical (unpaired) electrons. The molecule has 7 heteroatoms. The Kier molecular flexibility index (Phi) is 8.54. The molecule has 0 aliphatic heterocycles. The average molecular weight is 450 g/mol. The van der Waals surface area contributed by atoms with Crippen LogP contribution in [-0.4, -0.2) is 42.3 Å². The van der Waals surface area contributed by atoms with Crippen LogP contribution in [0, 0.1) is 0 Å². The highest BCUT2D eigenvalue weighted by molar-refractivity contribution is 9.10. The number of hydrogen-bond acceptors (Lipinski definition) is 5. The van der Waals surface area contributed by atoms with Crippen molar-refractivity contribution in [3.05, 3.63) is 70.2 Å². The SMILES string of the molecule is CSCCC(NC(=O)c1ccccc1)C(=O)OCC(=O)c1ccc(Br)cc1. The van der Waals surface area contributed by atoms with E-state index in [1.165, 1.54) is 0 Å². The minimum Gasteiger partial charge on any atom is -0.456 e. The van der Waals surface area contributed by atoms with Crippen LogP contribution in [0.1, 0.15) is 27.1 Å². The summed E-state index contributed by atoms with van der Waals surface area (Å²) in [5.41, 5.74) is 0.922. The molecule has 0 heterocycles. The van der Waals surface area contributed by atoms with E-state index in [1.54, 1.807) is 60.3 Å². The number of ketones is 1. The molecule has 1 N–H and O–H groups in total. The lowest BCUT2D eigenvalue weighted by Crippen LogP contribution is -2.42. The van der Waals surface area contributed by atoms with Crippen molar-refractivity contribution in [1.29, 1.82) is 0 Å². The lowest BCUT2D eigenvalue weighted by atomic mass is 10.1. The van der Waals surface area contributed by atoms with Gasteiger partial charge in [-0.3, -0.25) is 9.59 Å². The van der Waals surface area contributed by atoms with Crippen molar-refractivity contribution >= 4 is 45.4 Å². The van der Waals surface area contributed by atoms with Crippen LogP contribution in [0.4, 0.5) is 0 Å². The zero-order chi connectivity index (χ0) is 19.6. The van der Waals surface area contributed by atoms with Crippen LogP contribution in [0.25, 0.3) is 0 Å². The highest BCUT2D eigenvalue weighted by Gasteiger charge is 2.23. The summed E-state index contributed by atoms with van der Waals surface area (Å²) < 4.78 is 6.02. The molecule has 0 spiro atoms. The summed E-state index contributed by atoms with van der Waals surface area (Å²) in [5.74, 6) is -0.583. The quantitative estimate of drug-likeness (QED) is 0.466. The van der Waals surface area contributed by atoms with Crippen molar-refractivity contribution in [3.8, 4) is 0 Å². The zero-order valence-electron chi connectivity index (χ0n) is 14.8. The first-order valence-electron chi connectivity index (χ1n) is 8.31. The van der Waals surface area contributed by atoms with E-state index in [1.807, 2.05) is 12.3 Å². The van der Waals surface area contributed by atoms with Crippen LogP contribution in [0.15, 0.2) is 59.1 Å². The Hall–Kier alpha value is -2.12. The van der Waals surface area contributed by atoms with E-state index < -0.39 is 12.0 Å². The predicted octanol–water partition coefficient (Wildman–Crippen LogP) is 3.73. The maximum absolute atomic E-state index is 12.4. The fourth-order valence-electron chi connectivity index (χ4n) is 2.27. The highest BCUT2D eigenvalue weighted by Crippen LogP contribution is 2.11. The Morgan fingerprint density at radius 3 is 2.33 bits per heavy atom. The minimum absolute atomic E-state index is 0.297. The largest absolute Gasteiger partial charge is 0.456 e. The monoisotopic (exact) mass is 449 g/mol. The molecule has 1 amide bonds. The molecule has 2 aromatic rings. The van der Waals surface area contributed by atoms with Crippen molar-refractivity contribution in [2.24, 2.45) is 0 Å². The molecule has 1 atom stereocenters. The summed E-state index contributed by atoms with van der Waals surface area (Å²) in [6, 6.07) is 14.7. The highest BCUT2D eigenvalue weighted by atomic mass is 79.9. The molecule has 1 unspecified atom stereocenters. The number of halogens is 1. The van der Waals surface area contributed by atoms with Crippen LogP contribution >= 0.6 is 27.7 Å². The Morgan fingerprint density at radius 2 is 1.70 bits per heavy atom. The summed E-state index contributed by atoms with van der Waals surface area (Å²) in [6.45, 7) is -0.364. The number of rotatable bonds is 9. The van der Waals surface area contributed by atoms with Gasteiger partial charge in [0.15, 0.2) is 12.4 Å². The lowest BCUT2D eigenvalue weighted by Gasteiger charge is -2.17. The Balaban J connectivity index is 1.96. The summed E-state index contributed by atoms with van der Waals surface area (Å²) in [4.78, 5) is 36.9. The smallest absolute Gasteiger partial charge is 0.329 e. The van der Waals surface area contributed by atoms with Gasteiger partial charge in [-0.1, -0.05) is 46.3 Å². The number of carbonyl (C=O) groups is 3. The maximum atomic E-state index is 12.4. The summed E-state index contributed by atoms with van der Waals surface area (Å²) in [6.07, 6.45) is 2.34. The van der Waals surface area contributed by atoms with Gasteiger partial charge in [0.25, 0.3) is 5.91 Å². The second-order valence-electron chi connectivity index (χ2n) is 5.71. The third-order valence-corrected chi connectivity index (χ3v) is 4.92. The number of ether oxygens (including phenoxy) is 1. The lowest BCUT2D eigenvalue weighted by molar-refractivity contribution is -0.144. The van der Waals surface area contributed by atoms with E-state index in [-0.39, 0.29) is 18.3 Å². The van der Waals surface area contributed by atoms with Gasteiger partial charge in [0.1, 0.15) is 6.04 Å². The molecular weight excluding hydrogens is 430 g/mol. The molecule has 27 heavy (non-hydrogen) atoms. The molecule has 2 aromatic carbocycles. The van der Waals surface area contributed by atoms with Gasteiger partial charge in [-0.15, -0.1) is 0 Å². The number of Topliss-reactive ketones (excluding diaryl/α,β-unsaturated/α-hetero) is 1. The number of benzene rings is 2. The summed E-state index contributed by atoms with van der Waals surface area (Å²) >= 11 is 4.87. The van der Waals surface area contributed by atoms with E-state index in [4.69, 9.17) is 4.74 Å². The molecule has 0 saturated heterocycles. The van der Waals surface area contributed by atoms with Gasteiger partial charge in [0, 0.05) is 15.6 Å². The standard InChI is InChI=1S/C20H20BrNO4S/c1-27-12-11-17(22-19(24)15-5-3-2-4-6-15)20(25)26-13-18(23)14-7-9-16(21)10-8-14/h2-10,17H,11-13H2,1H3,(H,22,24). The zero-order valence-corrected chi connectivity index (χ0v) is 17.2. The molecule has 2 rings (SSSR count). The van der Waals surface area contributed by atoms with Crippen molar-refractivity contribution in [1.82, 2.24) is 5.32 Å². The fourth-order valence-corrected chi connectivity index (χ4v) is 3.01. The molecule has 0 bridgehead atoms. The first-order chi connectivity index (χ1) is 13.0. The van der Waals surface area contributed by atoms with Crippen LogP contribution < -0.4 is 5.32 Å². The minimum atomic E-state index is -0.803. The van der Waals surface area contributed by atoms with Crippen LogP contribution in [0.5, 0.6) is 0 Å². The van der Waals surface area contributed by atoms with Crippen molar-refractivity contribution < 1.29 is 19.1 Å². The van der Waals surface area contributed by atoms with Gasteiger partial charge in [0.2, 0.25) is 0 Å². The number of hydrogen-bond donors (Lipinski definition) is 1. The van der Waals surface area contributed by atoms with Gasteiger partial charge in [-0.05, 0) is 42.7 Å². The third kappa shape index (κ3) is 6.84. The Labute approximate surface area is 171 Å². The third-order valence-electron chi connectivity index (χ3n) is 3.75. The van der Waals surface area contributed by atoms with Crippen LogP contribution in [0.2, 0.25) is 0 Å². The van der Waals surface area contributed by atoms with Gasteiger partial charge < -0.3 is 10.1 Å². The fraction of sp³-hybridized carbons (Fsp3) is 0.250. The molecule has 142 valence electrons. The molecule has 0 fully saturated rings. The van der Waals surface area contributed by atoms with Crippen molar-refractivity contribution in [3.63, 3.8) is 0 Å². The number of esters is 1. The number of carbonyl (C=O) groups excluding carboxylic acids is 3. The second-order valence-corrected chi connectivity index (χ2v) is 7.61. The molecular formula is C20H20BrNO4S. The topological polar surface area (TPSA) is 72.5 Å². The van der Waals surface area contributed by atoms with Gasteiger partial charge in [0.05, 0.1) is 0 Å². The van der Waals surface area contributed by atoms with E-state index in [9.17, 15) is 14.4 Å². The normalized spacial score (nSPS) is 11.5. The first-order valence-corrected chi connectivity index (χ1v) is 10.5. The average Bonchev–Trinajstić information content (AvgIpc) is 2.70. The second kappa shape index (κ2) is 10.9. The first kappa shape index (κ1) is 21.2. The van der Waals surface area contributed by atoms with Crippen molar-refractivity contribution in [2.45, 2.75) is 12.5 Å². The molecule has 0 aromatic heterocycles. The molecule has 0 saturated carbocycles. The van der Waals surface area contributed by atoms with Crippen molar-refractivity contribution in [2.75, 3.05) is 18.6 Å². The van der Waals surface area contributed by atoms with Gasteiger partial charge >= 0.3 is 5.97 Å². The van der Waals surface area contributed by atoms with E-state index >= 15 is 0 Å². The maximum Gasteiger partial charge on any atom is 0.329 e. The van der Waals surface area contributed by atoms with Gasteiger partial charge in [-0.25, -0.2) is 4.79 Å². The number of nitrogens with one attached hydrogen (secondary N) is 1. The number of thioether (sulfide) groups is 1. The van der Waals surface area contributed by atoms with Crippen LogP contribution in [0.3, 0.4) is 0 Å².